The Hall–Kier alpha value is -1.73. The molecule has 152 valence electrons. The first kappa shape index (κ1) is 23.3. The molecular formula is C19H28ClF2N3O2. The zero-order valence-electron chi connectivity index (χ0n) is 16.2. The van der Waals surface area contributed by atoms with Crippen LogP contribution in [0.5, 0.6) is 0 Å². The van der Waals surface area contributed by atoms with Gasteiger partial charge in [0.25, 0.3) is 5.92 Å². The summed E-state index contributed by atoms with van der Waals surface area (Å²) in [4.78, 5) is 24.5. The molecule has 2 amide bonds. The van der Waals surface area contributed by atoms with Crippen molar-refractivity contribution in [3.63, 3.8) is 0 Å². The highest BCUT2D eigenvalue weighted by atomic mass is 35.5. The fourth-order valence-corrected chi connectivity index (χ4v) is 2.84. The van der Waals surface area contributed by atoms with Crippen LogP contribution in [0.2, 0.25) is 5.02 Å². The van der Waals surface area contributed by atoms with Crippen LogP contribution < -0.4 is 11.1 Å². The molecule has 2 rings (SSSR count). The van der Waals surface area contributed by atoms with E-state index < -0.39 is 36.7 Å². The van der Waals surface area contributed by atoms with Crippen molar-refractivity contribution in [1.82, 2.24) is 10.2 Å². The molecule has 1 saturated heterocycles. The number of amides is 2. The van der Waals surface area contributed by atoms with Crippen LogP contribution in [0.3, 0.4) is 0 Å². The molecule has 27 heavy (non-hydrogen) atoms. The number of carbonyl (C=O) groups is 2. The average molecular weight is 404 g/mol. The maximum Gasteiger partial charge on any atom is 0.267 e. The molecule has 0 radical (unpaired) electrons. The van der Waals surface area contributed by atoms with Crippen molar-refractivity contribution in [2.75, 3.05) is 6.54 Å². The Labute approximate surface area is 164 Å². The Morgan fingerprint density at radius 3 is 2.44 bits per heavy atom. The van der Waals surface area contributed by atoms with Crippen LogP contribution in [0.25, 0.3) is 0 Å². The Bertz CT molecular complexity index is 666. The van der Waals surface area contributed by atoms with E-state index in [1.165, 1.54) is 6.92 Å². The number of likely N-dealkylation sites (tertiary alicyclic amines) is 1. The molecule has 0 aliphatic carbocycles. The SMILES string of the molecule is CC(=O)N1CC(F)(F)CC1C(=O)NCc1cc(Cl)ccc1CN.CC(C)C. The Kier molecular flexibility index (Phi) is 8.62. The summed E-state index contributed by atoms with van der Waals surface area (Å²) >= 11 is 5.91. The number of hydrogen-bond acceptors (Lipinski definition) is 3. The van der Waals surface area contributed by atoms with E-state index in [-0.39, 0.29) is 13.1 Å². The van der Waals surface area contributed by atoms with Crippen LogP contribution in [-0.4, -0.2) is 35.2 Å². The first-order chi connectivity index (χ1) is 12.5. The largest absolute Gasteiger partial charge is 0.350 e. The lowest BCUT2D eigenvalue weighted by Crippen LogP contribution is -2.45. The molecule has 1 aliphatic rings. The summed E-state index contributed by atoms with van der Waals surface area (Å²) in [5.74, 6) is -3.38. The highest BCUT2D eigenvalue weighted by Crippen LogP contribution is 2.32. The van der Waals surface area contributed by atoms with Gasteiger partial charge in [0.2, 0.25) is 11.8 Å². The van der Waals surface area contributed by atoms with Crippen LogP contribution in [-0.2, 0) is 22.7 Å². The average Bonchev–Trinajstić information content (AvgIpc) is 2.88. The van der Waals surface area contributed by atoms with E-state index in [2.05, 4.69) is 26.1 Å². The third-order valence-electron chi connectivity index (χ3n) is 3.82. The van der Waals surface area contributed by atoms with Gasteiger partial charge in [-0.15, -0.1) is 0 Å². The van der Waals surface area contributed by atoms with Gasteiger partial charge in [0, 0.05) is 31.5 Å². The number of nitrogens with one attached hydrogen (secondary N) is 1. The summed E-state index contributed by atoms with van der Waals surface area (Å²) in [5.41, 5.74) is 7.13. The lowest BCUT2D eigenvalue weighted by atomic mass is 10.1. The lowest BCUT2D eigenvalue weighted by molar-refractivity contribution is -0.137. The zero-order valence-corrected chi connectivity index (χ0v) is 16.9. The summed E-state index contributed by atoms with van der Waals surface area (Å²) in [6.07, 6.45) is -0.669. The molecule has 1 heterocycles. The predicted octanol–water partition coefficient (Wildman–Crippen LogP) is 3.33. The van der Waals surface area contributed by atoms with Crippen LogP contribution >= 0.6 is 11.6 Å². The second kappa shape index (κ2) is 9.99. The summed E-state index contributed by atoms with van der Waals surface area (Å²) in [7, 11) is 0. The molecule has 1 unspecified atom stereocenters. The van der Waals surface area contributed by atoms with Gasteiger partial charge in [0.15, 0.2) is 0 Å². The minimum atomic E-state index is -3.05. The number of alkyl halides is 2. The minimum Gasteiger partial charge on any atom is -0.350 e. The third-order valence-corrected chi connectivity index (χ3v) is 4.05. The van der Waals surface area contributed by atoms with Crippen molar-refractivity contribution in [3.05, 3.63) is 34.3 Å². The molecule has 1 aliphatic heterocycles. The van der Waals surface area contributed by atoms with E-state index in [9.17, 15) is 18.4 Å². The summed E-state index contributed by atoms with van der Waals surface area (Å²) in [6, 6.07) is 3.93. The van der Waals surface area contributed by atoms with E-state index in [4.69, 9.17) is 17.3 Å². The monoisotopic (exact) mass is 403 g/mol. The first-order valence-electron chi connectivity index (χ1n) is 8.87. The predicted molar refractivity (Wildman–Crippen MR) is 102 cm³/mol. The maximum atomic E-state index is 13.5. The molecule has 0 saturated carbocycles. The quantitative estimate of drug-likeness (QED) is 0.809. The van der Waals surface area contributed by atoms with E-state index >= 15 is 0 Å². The normalized spacial score (nSPS) is 18.1. The van der Waals surface area contributed by atoms with Crippen molar-refractivity contribution in [2.24, 2.45) is 11.7 Å². The molecule has 0 aromatic heterocycles. The molecule has 1 atom stereocenters. The Morgan fingerprint density at radius 1 is 1.33 bits per heavy atom. The fourth-order valence-electron chi connectivity index (χ4n) is 2.64. The highest BCUT2D eigenvalue weighted by Gasteiger charge is 2.49. The maximum absolute atomic E-state index is 13.5. The molecule has 5 nitrogen and oxygen atoms in total. The van der Waals surface area contributed by atoms with Gasteiger partial charge in [-0.3, -0.25) is 9.59 Å². The van der Waals surface area contributed by atoms with Gasteiger partial charge in [-0.05, 0) is 29.2 Å². The lowest BCUT2D eigenvalue weighted by Gasteiger charge is -2.21. The zero-order chi connectivity index (χ0) is 20.8. The number of rotatable bonds is 4. The molecule has 3 N–H and O–H groups in total. The standard InChI is InChI=1S/C15H18ClF2N3O2.C4H10/c1-9(22)21-8-15(17,18)5-13(21)14(23)20-7-11-4-12(16)3-2-10(11)6-19;1-4(2)3/h2-4,13H,5-8,19H2,1H3,(H,20,23);4H,1-3H3. The third kappa shape index (κ3) is 7.42. The van der Waals surface area contributed by atoms with Crippen molar-refractivity contribution < 1.29 is 18.4 Å². The van der Waals surface area contributed by atoms with Crippen molar-refractivity contribution in [3.8, 4) is 0 Å². The van der Waals surface area contributed by atoms with Gasteiger partial charge in [0.05, 0.1) is 6.54 Å². The summed E-state index contributed by atoms with van der Waals surface area (Å²) in [5, 5.41) is 3.08. The number of hydrogen-bond donors (Lipinski definition) is 2. The first-order valence-corrected chi connectivity index (χ1v) is 9.24. The molecule has 0 bridgehead atoms. The van der Waals surface area contributed by atoms with E-state index in [1.807, 2.05) is 0 Å². The summed E-state index contributed by atoms with van der Waals surface area (Å²) in [6.45, 7) is 7.32. The van der Waals surface area contributed by atoms with Gasteiger partial charge >= 0.3 is 0 Å². The van der Waals surface area contributed by atoms with Gasteiger partial charge < -0.3 is 16.0 Å². The van der Waals surface area contributed by atoms with E-state index in [0.29, 0.717) is 10.6 Å². The molecule has 1 aromatic rings. The second-order valence-corrected chi connectivity index (χ2v) is 7.73. The van der Waals surface area contributed by atoms with Gasteiger partial charge in [0.1, 0.15) is 6.04 Å². The molecule has 8 heteroatoms. The van der Waals surface area contributed by atoms with Gasteiger partial charge in [-0.25, -0.2) is 8.78 Å². The van der Waals surface area contributed by atoms with Crippen molar-refractivity contribution >= 4 is 23.4 Å². The van der Waals surface area contributed by atoms with E-state index in [1.54, 1.807) is 18.2 Å². The number of benzene rings is 1. The van der Waals surface area contributed by atoms with Crippen LogP contribution in [0, 0.1) is 5.92 Å². The number of halogens is 3. The molecule has 1 aromatic carbocycles. The van der Waals surface area contributed by atoms with Crippen LogP contribution in [0.4, 0.5) is 8.78 Å². The van der Waals surface area contributed by atoms with Gasteiger partial charge in [-0.2, -0.15) is 0 Å². The molecule has 0 spiro atoms. The van der Waals surface area contributed by atoms with Crippen molar-refractivity contribution in [1.29, 1.82) is 0 Å². The van der Waals surface area contributed by atoms with Crippen LogP contribution in [0.1, 0.15) is 45.2 Å². The van der Waals surface area contributed by atoms with Gasteiger partial charge in [-0.1, -0.05) is 38.4 Å². The number of nitrogens with zero attached hydrogens (tertiary/aromatic N) is 1. The Morgan fingerprint density at radius 2 is 1.93 bits per heavy atom. The fraction of sp³-hybridized carbons (Fsp3) is 0.579. The minimum absolute atomic E-state index is 0.111. The van der Waals surface area contributed by atoms with Crippen LogP contribution in [0.15, 0.2) is 18.2 Å². The van der Waals surface area contributed by atoms with E-state index in [0.717, 1.165) is 16.4 Å². The smallest absolute Gasteiger partial charge is 0.267 e. The topological polar surface area (TPSA) is 75.4 Å². The second-order valence-electron chi connectivity index (χ2n) is 7.29. The van der Waals surface area contributed by atoms with Crippen molar-refractivity contribution in [2.45, 2.75) is 59.2 Å². The molecular weight excluding hydrogens is 376 g/mol. The molecule has 1 fully saturated rings. The highest BCUT2D eigenvalue weighted by molar-refractivity contribution is 6.30. The Balaban J connectivity index is 0.000000828. The number of carbonyl (C=O) groups excluding carboxylic acids is 2. The summed E-state index contributed by atoms with van der Waals surface area (Å²) < 4.78 is 27.0. The number of nitrogens with two attached hydrogens (primary N) is 1.